The van der Waals surface area contributed by atoms with Gasteiger partial charge in [-0.15, -0.1) is 0 Å². The van der Waals surface area contributed by atoms with Crippen molar-refractivity contribution in [3.63, 3.8) is 0 Å². The molecule has 0 saturated carbocycles. The molecular weight excluding hydrogens is 415 g/mol. The van der Waals surface area contributed by atoms with Crippen molar-refractivity contribution in [2.45, 2.75) is 52.3 Å². The van der Waals surface area contributed by atoms with Gasteiger partial charge < -0.3 is 5.32 Å². The second kappa shape index (κ2) is 9.49. The first-order chi connectivity index (χ1) is 14.6. The van der Waals surface area contributed by atoms with E-state index in [1.807, 2.05) is 13.8 Å². The normalized spacial score (nSPS) is 16.8. The second-order valence-corrected chi connectivity index (χ2v) is 10.5. The van der Waals surface area contributed by atoms with E-state index in [1.165, 1.54) is 33.6 Å². The number of hydrogen-bond donors (Lipinski definition) is 1. The van der Waals surface area contributed by atoms with Gasteiger partial charge >= 0.3 is 0 Å². The molecule has 168 valence electrons. The van der Waals surface area contributed by atoms with Gasteiger partial charge in [0.05, 0.1) is 11.8 Å². The van der Waals surface area contributed by atoms with E-state index in [9.17, 15) is 17.6 Å². The molecule has 1 N–H and O–H groups in total. The molecule has 0 radical (unpaired) electrons. The molecule has 2 aromatic rings. The van der Waals surface area contributed by atoms with Gasteiger partial charge in [0, 0.05) is 24.6 Å². The van der Waals surface area contributed by atoms with Crippen LogP contribution in [0, 0.1) is 32.5 Å². The highest BCUT2D eigenvalue weighted by Gasteiger charge is 2.32. The van der Waals surface area contributed by atoms with Crippen LogP contribution in [0.1, 0.15) is 53.6 Å². The van der Waals surface area contributed by atoms with Crippen LogP contribution in [0.2, 0.25) is 0 Å². The van der Waals surface area contributed by atoms with E-state index >= 15 is 0 Å². The summed E-state index contributed by atoms with van der Waals surface area (Å²) in [6.07, 6.45) is 0.919. The lowest BCUT2D eigenvalue weighted by Gasteiger charge is -2.31. The molecule has 31 heavy (non-hydrogen) atoms. The molecular formula is C24H31FN2O3S. The fraction of sp³-hybridized carbons (Fsp3) is 0.458. The summed E-state index contributed by atoms with van der Waals surface area (Å²) in [5, 5.41) is 3.10. The number of carbonyl (C=O) groups excluding carboxylic acids is 1. The zero-order valence-corrected chi connectivity index (χ0v) is 19.4. The van der Waals surface area contributed by atoms with Crippen molar-refractivity contribution in [3.05, 3.63) is 70.0 Å². The van der Waals surface area contributed by atoms with E-state index in [-0.39, 0.29) is 42.3 Å². The third-order valence-corrected chi connectivity index (χ3v) is 8.05. The lowest BCUT2D eigenvalue weighted by molar-refractivity contribution is -0.126. The van der Waals surface area contributed by atoms with Crippen LogP contribution in [0.15, 0.2) is 36.4 Å². The van der Waals surface area contributed by atoms with Crippen LogP contribution in [0.5, 0.6) is 0 Å². The van der Waals surface area contributed by atoms with Crippen molar-refractivity contribution in [3.8, 4) is 0 Å². The molecule has 0 bridgehead atoms. The summed E-state index contributed by atoms with van der Waals surface area (Å²) in [6, 6.07) is 10.1. The van der Waals surface area contributed by atoms with Crippen molar-refractivity contribution in [2.24, 2.45) is 5.92 Å². The molecule has 1 aliphatic rings. The van der Waals surface area contributed by atoms with Crippen molar-refractivity contribution >= 4 is 15.9 Å². The first kappa shape index (κ1) is 23.4. The number of nitrogens with one attached hydrogen (secondary N) is 1. The van der Waals surface area contributed by atoms with Gasteiger partial charge in [-0.3, -0.25) is 4.79 Å². The van der Waals surface area contributed by atoms with Gasteiger partial charge in [0.25, 0.3) is 0 Å². The molecule has 1 unspecified atom stereocenters. The van der Waals surface area contributed by atoms with E-state index < -0.39 is 15.8 Å². The lowest BCUT2D eigenvalue weighted by atomic mass is 9.94. The van der Waals surface area contributed by atoms with Crippen LogP contribution in [0.3, 0.4) is 0 Å². The summed E-state index contributed by atoms with van der Waals surface area (Å²) < 4.78 is 40.6. The summed E-state index contributed by atoms with van der Waals surface area (Å²) in [5.41, 5.74) is 4.82. The highest BCUT2D eigenvalue weighted by Crippen LogP contribution is 2.25. The Labute approximate surface area is 184 Å². The van der Waals surface area contributed by atoms with Crippen molar-refractivity contribution < 1.29 is 17.6 Å². The fourth-order valence-corrected chi connectivity index (χ4v) is 5.73. The summed E-state index contributed by atoms with van der Waals surface area (Å²) in [7, 11) is -3.63. The number of sulfonamides is 1. The van der Waals surface area contributed by atoms with Crippen LogP contribution in [-0.4, -0.2) is 31.7 Å². The van der Waals surface area contributed by atoms with E-state index in [2.05, 4.69) is 31.3 Å². The van der Waals surface area contributed by atoms with Gasteiger partial charge in [-0.1, -0.05) is 30.3 Å². The molecule has 0 aromatic heterocycles. The Morgan fingerprint density at radius 3 is 2.35 bits per heavy atom. The Hall–Kier alpha value is -2.25. The van der Waals surface area contributed by atoms with Gasteiger partial charge in [0.1, 0.15) is 5.82 Å². The van der Waals surface area contributed by atoms with Gasteiger partial charge in [0.2, 0.25) is 15.9 Å². The molecule has 2 aromatic carbocycles. The van der Waals surface area contributed by atoms with E-state index in [1.54, 1.807) is 6.07 Å². The van der Waals surface area contributed by atoms with Crippen LogP contribution >= 0.6 is 0 Å². The summed E-state index contributed by atoms with van der Waals surface area (Å²) >= 11 is 0. The van der Waals surface area contributed by atoms with Crippen LogP contribution in [0.4, 0.5) is 4.39 Å². The zero-order valence-electron chi connectivity index (χ0n) is 18.6. The largest absolute Gasteiger partial charge is 0.349 e. The smallest absolute Gasteiger partial charge is 0.223 e. The number of benzene rings is 2. The SMILES string of the molecule is Cc1cc(C)c(C(C)NC(=O)C2CCN(S(=O)(=O)Cc3ccccc3F)CC2)cc1C. The van der Waals surface area contributed by atoms with Crippen LogP contribution in [-0.2, 0) is 20.6 Å². The third kappa shape index (κ3) is 5.52. The van der Waals surface area contributed by atoms with Crippen molar-refractivity contribution in [1.29, 1.82) is 0 Å². The van der Waals surface area contributed by atoms with E-state index in [0.717, 1.165) is 11.1 Å². The lowest BCUT2D eigenvalue weighted by Crippen LogP contribution is -2.43. The zero-order chi connectivity index (χ0) is 22.8. The number of nitrogens with zero attached hydrogens (tertiary/aromatic N) is 1. The van der Waals surface area contributed by atoms with Gasteiger partial charge in [-0.25, -0.2) is 17.1 Å². The molecule has 1 saturated heterocycles. The fourth-order valence-electron chi connectivity index (χ4n) is 4.16. The Morgan fingerprint density at radius 1 is 1.10 bits per heavy atom. The first-order valence-corrected chi connectivity index (χ1v) is 12.3. The predicted molar refractivity (Wildman–Crippen MR) is 121 cm³/mol. The Morgan fingerprint density at radius 2 is 1.71 bits per heavy atom. The number of aryl methyl sites for hydroxylation is 3. The Balaban J connectivity index is 1.58. The summed E-state index contributed by atoms with van der Waals surface area (Å²) in [4.78, 5) is 12.8. The minimum Gasteiger partial charge on any atom is -0.349 e. The molecule has 0 aliphatic carbocycles. The highest BCUT2D eigenvalue weighted by atomic mass is 32.2. The molecule has 7 heteroatoms. The molecule has 5 nitrogen and oxygen atoms in total. The van der Waals surface area contributed by atoms with Crippen molar-refractivity contribution in [2.75, 3.05) is 13.1 Å². The number of piperidine rings is 1. The molecule has 3 rings (SSSR count). The Bertz CT molecular complexity index is 1060. The Kier molecular flexibility index (Phi) is 7.17. The number of hydrogen-bond acceptors (Lipinski definition) is 3. The van der Waals surface area contributed by atoms with Gasteiger partial charge in [-0.2, -0.15) is 0 Å². The predicted octanol–water partition coefficient (Wildman–Crippen LogP) is 4.17. The molecule has 1 heterocycles. The minimum atomic E-state index is -3.63. The third-order valence-electron chi connectivity index (χ3n) is 6.22. The van der Waals surface area contributed by atoms with E-state index in [0.29, 0.717) is 12.8 Å². The average molecular weight is 447 g/mol. The monoisotopic (exact) mass is 446 g/mol. The number of rotatable bonds is 6. The number of carbonyl (C=O) groups is 1. The molecule has 1 amide bonds. The maximum Gasteiger partial charge on any atom is 0.223 e. The maximum absolute atomic E-state index is 13.9. The van der Waals surface area contributed by atoms with E-state index in [4.69, 9.17) is 0 Å². The summed E-state index contributed by atoms with van der Waals surface area (Å²) in [5.74, 6) is -1.15. The number of halogens is 1. The molecule has 0 spiro atoms. The average Bonchev–Trinajstić information content (AvgIpc) is 2.72. The molecule has 1 fully saturated rings. The maximum atomic E-state index is 13.9. The van der Waals surface area contributed by atoms with Crippen LogP contribution in [0.25, 0.3) is 0 Å². The minimum absolute atomic E-state index is 0.0451. The highest BCUT2D eigenvalue weighted by molar-refractivity contribution is 7.88. The topological polar surface area (TPSA) is 66.5 Å². The first-order valence-electron chi connectivity index (χ1n) is 10.7. The molecule has 1 atom stereocenters. The standard InChI is InChI=1S/C24H31FN2O3S/c1-16-13-18(3)22(14-17(16)2)19(4)26-24(28)20-9-11-27(12-10-20)31(29,30)15-21-7-5-6-8-23(21)25/h5-8,13-14,19-20H,9-12,15H2,1-4H3,(H,26,28). The van der Waals surface area contributed by atoms with Gasteiger partial charge in [0.15, 0.2) is 0 Å². The second-order valence-electron chi connectivity index (χ2n) is 8.54. The molecule has 1 aliphatic heterocycles. The number of amides is 1. The van der Waals surface area contributed by atoms with Crippen LogP contribution < -0.4 is 5.32 Å². The summed E-state index contributed by atoms with van der Waals surface area (Å²) in [6.45, 7) is 8.69. The van der Waals surface area contributed by atoms with Crippen molar-refractivity contribution in [1.82, 2.24) is 9.62 Å². The van der Waals surface area contributed by atoms with Gasteiger partial charge in [-0.05, 0) is 68.9 Å². The quantitative estimate of drug-likeness (QED) is 0.724.